The fourth-order valence-corrected chi connectivity index (χ4v) is 4.60. The van der Waals surface area contributed by atoms with Crippen molar-refractivity contribution in [2.24, 2.45) is 0 Å². The average molecular weight is 566 g/mol. The molecule has 0 aliphatic heterocycles. The summed E-state index contributed by atoms with van der Waals surface area (Å²) < 4.78 is 49.8. The molecular weight excluding hydrogens is 546 g/mol. The van der Waals surface area contributed by atoms with Gasteiger partial charge in [0.1, 0.15) is 11.5 Å². The van der Waals surface area contributed by atoms with E-state index in [1.807, 2.05) is 0 Å². The van der Waals surface area contributed by atoms with E-state index in [0.29, 0.717) is 38.5 Å². The minimum absolute atomic E-state index is 0.125. The highest BCUT2D eigenvalue weighted by Gasteiger charge is 2.32. The SMILES string of the molecule is Cc1c(Cc2cccc(OC(C)C(=O)O)c2)c2cc(OC(F)(F)F)ccc2n1C(=O)c1ccc(Cl)cc1Cl. The van der Waals surface area contributed by atoms with Gasteiger partial charge in [-0.3, -0.25) is 9.36 Å². The number of hydrogen-bond acceptors (Lipinski definition) is 4. The maximum absolute atomic E-state index is 13.6. The molecule has 1 unspecified atom stereocenters. The van der Waals surface area contributed by atoms with Crippen molar-refractivity contribution in [3.8, 4) is 11.5 Å². The Bertz CT molecular complexity index is 1550. The lowest BCUT2D eigenvalue weighted by Crippen LogP contribution is -2.22. The lowest BCUT2D eigenvalue weighted by atomic mass is 10.0. The van der Waals surface area contributed by atoms with Crippen LogP contribution in [0.5, 0.6) is 11.5 Å². The third-order valence-electron chi connectivity index (χ3n) is 5.84. The lowest BCUT2D eigenvalue weighted by Gasteiger charge is -2.12. The smallest absolute Gasteiger partial charge is 0.479 e. The van der Waals surface area contributed by atoms with Gasteiger partial charge >= 0.3 is 12.3 Å². The van der Waals surface area contributed by atoms with E-state index in [1.54, 1.807) is 31.2 Å². The first-order valence-corrected chi connectivity index (χ1v) is 12.0. The molecule has 0 aliphatic carbocycles. The molecule has 198 valence electrons. The van der Waals surface area contributed by atoms with Crippen molar-refractivity contribution in [3.63, 3.8) is 0 Å². The van der Waals surface area contributed by atoms with E-state index in [4.69, 9.17) is 33.0 Å². The summed E-state index contributed by atoms with van der Waals surface area (Å²) in [6, 6.07) is 14.8. The van der Waals surface area contributed by atoms with E-state index in [1.165, 1.54) is 41.8 Å². The van der Waals surface area contributed by atoms with Crippen LogP contribution >= 0.6 is 23.2 Å². The summed E-state index contributed by atoms with van der Waals surface area (Å²) in [5, 5.41) is 9.96. The van der Waals surface area contributed by atoms with Gasteiger partial charge in [0.25, 0.3) is 5.91 Å². The molecule has 0 aliphatic rings. The summed E-state index contributed by atoms with van der Waals surface area (Å²) in [5.41, 5.74) is 2.24. The Morgan fingerprint density at radius 2 is 1.76 bits per heavy atom. The number of aromatic nitrogens is 1. The number of ether oxygens (including phenoxy) is 2. The zero-order valence-corrected chi connectivity index (χ0v) is 21.5. The van der Waals surface area contributed by atoms with Gasteiger partial charge in [0.15, 0.2) is 6.10 Å². The number of alkyl halides is 3. The zero-order valence-electron chi connectivity index (χ0n) is 20.0. The van der Waals surface area contributed by atoms with Crippen molar-refractivity contribution in [2.45, 2.75) is 32.7 Å². The van der Waals surface area contributed by atoms with Crippen LogP contribution in [0, 0.1) is 6.92 Å². The molecule has 0 saturated carbocycles. The molecule has 0 saturated heterocycles. The van der Waals surface area contributed by atoms with Gasteiger partial charge in [-0.15, -0.1) is 13.2 Å². The minimum Gasteiger partial charge on any atom is -0.479 e. The van der Waals surface area contributed by atoms with E-state index in [-0.39, 0.29) is 17.0 Å². The first-order valence-electron chi connectivity index (χ1n) is 11.2. The Labute approximate surface area is 225 Å². The number of rotatable bonds is 7. The number of nitrogens with zero attached hydrogens (tertiary/aromatic N) is 1. The van der Waals surface area contributed by atoms with E-state index in [2.05, 4.69) is 4.74 Å². The molecule has 38 heavy (non-hydrogen) atoms. The standard InChI is InChI=1S/C27H20Cl2F3NO5/c1-14-21(11-16-4-3-5-18(10-16)37-15(2)26(35)36)22-13-19(38-27(30,31)32)7-9-24(22)33(14)25(34)20-8-6-17(28)12-23(20)29/h3-10,12-13,15H,11H2,1-2H3,(H,35,36). The van der Waals surface area contributed by atoms with E-state index >= 15 is 0 Å². The molecule has 1 aromatic heterocycles. The molecule has 0 fully saturated rings. The number of carbonyl (C=O) groups is 2. The van der Waals surface area contributed by atoms with Gasteiger partial charge < -0.3 is 14.6 Å². The molecule has 1 N–H and O–H groups in total. The van der Waals surface area contributed by atoms with Crippen LogP contribution in [0.25, 0.3) is 10.9 Å². The fourth-order valence-electron chi connectivity index (χ4n) is 4.12. The van der Waals surface area contributed by atoms with Crippen LogP contribution < -0.4 is 9.47 Å². The number of carboxylic acid groups (broad SMARTS) is 1. The Kier molecular flexibility index (Phi) is 7.62. The fraction of sp³-hybridized carbons (Fsp3) is 0.185. The van der Waals surface area contributed by atoms with E-state index in [0.717, 1.165) is 6.07 Å². The van der Waals surface area contributed by atoms with E-state index < -0.39 is 30.1 Å². The number of aliphatic carboxylic acids is 1. The normalized spacial score (nSPS) is 12.4. The van der Waals surface area contributed by atoms with Crippen LogP contribution in [0.1, 0.15) is 34.1 Å². The first kappa shape index (κ1) is 27.3. The van der Waals surface area contributed by atoms with Crippen molar-refractivity contribution < 1.29 is 37.3 Å². The second-order valence-corrected chi connectivity index (χ2v) is 9.32. The molecule has 3 aromatic carbocycles. The van der Waals surface area contributed by atoms with Crippen LogP contribution in [-0.2, 0) is 11.2 Å². The van der Waals surface area contributed by atoms with Crippen LogP contribution in [0.3, 0.4) is 0 Å². The summed E-state index contributed by atoms with van der Waals surface area (Å²) in [6.07, 6.45) is -5.78. The summed E-state index contributed by atoms with van der Waals surface area (Å²) in [7, 11) is 0. The van der Waals surface area contributed by atoms with Gasteiger partial charge in [-0.1, -0.05) is 35.3 Å². The molecule has 0 spiro atoms. The second kappa shape index (κ2) is 10.6. The monoisotopic (exact) mass is 565 g/mol. The number of hydrogen-bond donors (Lipinski definition) is 1. The largest absolute Gasteiger partial charge is 0.573 e. The highest BCUT2D eigenvalue weighted by atomic mass is 35.5. The number of halogens is 5. The van der Waals surface area contributed by atoms with Crippen molar-refractivity contribution in [1.29, 1.82) is 0 Å². The van der Waals surface area contributed by atoms with Crippen molar-refractivity contribution in [3.05, 3.63) is 93.1 Å². The van der Waals surface area contributed by atoms with Gasteiger partial charge in [0.05, 0.1) is 16.1 Å². The van der Waals surface area contributed by atoms with Gasteiger partial charge in [-0.25, -0.2) is 4.79 Å². The van der Waals surface area contributed by atoms with Crippen molar-refractivity contribution >= 4 is 46.0 Å². The van der Waals surface area contributed by atoms with Crippen molar-refractivity contribution in [2.75, 3.05) is 0 Å². The van der Waals surface area contributed by atoms with Gasteiger partial charge in [-0.2, -0.15) is 0 Å². The molecule has 4 aromatic rings. The Morgan fingerprint density at radius 3 is 2.42 bits per heavy atom. The van der Waals surface area contributed by atoms with Crippen molar-refractivity contribution in [1.82, 2.24) is 4.57 Å². The van der Waals surface area contributed by atoms with Crippen LogP contribution in [0.4, 0.5) is 13.2 Å². The third-order valence-corrected chi connectivity index (χ3v) is 6.39. The number of carbonyl (C=O) groups excluding carboxylic acids is 1. The average Bonchev–Trinajstić information content (AvgIpc) is 3.08. The summed E-state index contributed by atoms with van der Waals surface area (Å²) in [5.74, 6) is -1.75. The minimum atomic E-state index is -4.90. The predicted octanol–water partition coefficient (Wildman–Crippen LogP) is 7.29. The summed E-state index contributed by atoms with van der Waals surface area (Å²) >= 11 is 12.2. The van der Waals surface area contributed by atoms with E-state index in [9.17, 15) is 22.8 Å². The molecule has 0 amide bonds. The predicted molar refractivity (Wildman–Crippen MR) is 137 cm³/mol. The van der Waals surface area contributed by atoms with Gasteiger partial charge in [-0.05, 0) is 79.9 Å². The van der Waals surface area contributed by atoms with Crippen LogP contribution in [0.15, 0.2) is 60.7 Å². The molecule has 1 heterocycles. The number of benzene rings is 3. The zero-order chi connectivity index (χ0) is 27.8. The maximum atomic E-state index is 13.6. The molecule has 4 rings (SSSR count). The highest BCUT2D eigenvalue weighted by molar-refractivity contribution is 6.37. The van der Waals surface area contributed by atoms with Crippen LogP contribution in [-0.4, -0.2) is 34.0 Å². The third kappa shape index (κ3) is 5.89. The first-order chi connectivity index (χ1) is 17.8. The number of carboxylic acids is 1. The molecule has 11 heteroatoms. The molecule has 1 atom stereocenters. The molecule has 0 radical (unpaired) electrons. The van der Waals surface area contributed by atoms with Gasteiger partial charge in [0, 0.05) is 16.1 Å². The topological polar surface area (TPSA) is 77.8 Å². The Morgan fingerprint density at radius 1 is 1.03 bits per heavy atom. The van der Waals surface area contributed by atoms with Crippen LogP contribution in [0.2, 0.25) is 10.0 Å². The molecule has 0 bridgehead atoms. The van der Waals surface area contributed by atoms with Gasteiger partial charge in [0.2, 0.25) is 0 Å². The number of fused-ring (bicyclic) bond motifs is 1. The maximum Gasteiger partial charge on any atom is 0.573 e. The quantitative estimate of drug-likeness (QED) is 0.254. The molecular formula is C27H20Cl2F3NO5. The highest BCUT2D eigenvalue weighted by Crippen LogP contribution is 2.35. The second-order valence-electron chi connectivity index (χ2n) is 8.48. The Balaban J connectivity index is 1.83. The summed E-state index contributed by atoms with van der Waals surface area (Å²) in [4.78, 5) is 24.7. The summed E-state index contributed by atoms with van der Waals surface area (Å²) in [6.45, 7) is 3.07. The Hall–Kier alpha value is -3.69. The lowest BCUT2D eigenvalue weighted by molar-refractivity contribution is -0.274. The molecule has 6 nitrogen and oxygen atoms in total.